The largest absolute Gasteiger partial charge is 0.378 e. The Kier molecular flexibility index (Phi) is 5.09. The maximum absolute atomic E-state index is 5.95. The van der Waals surface area contributed by atoms with E-state index in [0.29, 0.717) is 0 Å². The van der Waals surface area contributed by atoms with E-state index in [1.54, 1.807) is 0 Å². The molecule has 0 aliphatic carbocycles. The van der Waals surface area contributed by atoms with Crippen molar-refractivity contribution in [2.24, 2.45) is 4.99 Å². The van der Waals surface area contributed by atoms with Crippen LogP contribution in [0.4, 0.5) is 5.69 Å². The molecule has 1 fully saturated rings. The van der Waals surface area contributed by atoms with E-state index in [0.717, 1.165) is 49.3 Å². The number of aliphatic imine (C=N–C) groups is 1. The molecule has 3 nitrogen and oxygen atoms in total. The highest BCUT2D eigenvalue weighted by Gasteiger charge is 2.15. The van der Waals surface area contributed by atoms with Gasteiger partial charge in [0.05, 0.1) is 18.9 Å². The van der Waals surface area contributed by atoms with Gasteiger partial charge in [-0.3, -0.25) is 0 Å². The van der Waals surface area contributed by atoms with Gasteiger partial charge in [-0.05, 0) is 29.8 Å². The summed E-state index contributed by atoms with van der Waals surface area (Å²) in [4.78, 5) is 7.16. The molecular weight excluding hydrogens is 296 g/mol. The zero-order chi connectivity index (χ0) is 15.2. The molecule has 1 heterocycles. The maximum Gasteiger partial charge on any atom is 0.109 e. The molecule has 0 saturated carbocycles. The highest BCUT2D eigenvalue weighted by Crippen LogP contribution is 2.18. The summed E-state index contributed by atoms with van der Waals surface area (Å²) in [6.45, 7) is 3.29. The van der Waals surface area contributed by atoms with Crippen LogP contribution < -0.4 is 0 Å². The fourth-order valence-corrected chi connectivity index (χ4v) is 2.61. The number of benzene rings is 2. The molecule has 2 aromatic carbocycles. The van der Waals surface area contributed by atoms with Crippen molar-refractivity contribution in [2.75, 3.05) is 26.3 Å². The molecule has 0 aromatic heterocycles. The third-order valence-electron chi connectivity index (χ3n) is 3.67. The highest BCUT2D eigenvalue weighted by atomic mass is 35.5. The summed E-state index contributed by atoms with van der Waals surface area (Å²) in [5, 5.41) is 0.731. The monoisotopic (exact) mass is 314 g/mol. The van der Waals surface area contributed by atoms with Crippen molar-refractivity contribution in [3.63, 3.8) is 0 Å². The first kappa shape index (κ1) is 15.1. The number of morpholine rings is 1. The van der Waals surface area contributed by atoms with Crippen molar-refractivity contribution < 1.29 is 4.74 Å². The zero-order valence-corrected chi connectivity index (χ0v) is 13.2. The summed E-state index contributed by atoms with van der Waals surface area (Å²) in [7, 11) is 0. The van der Waals surface area contributed by atoms with Gasteiger partial charge in [0.15, 0.2) is 0 Å². The second kappa shape index (κ2) is 7.43. The molecule has 1 aliphatic heterocycles. The number of ether oxygens (including phenoxy) is 1. The molecule has 4 heteroatoms. The highest BCUT2D eigenvalue weighted by molar-refractivity contribution is 6.30. The topological polar surface area (TPSA) is 24.8 Å². The lowest BCUT2D eigenvalue weighted by Crippen LogP contribution is -2.41. The maximum atomic E-state index is 5.95. The van der Waals surface area contributed by atoms with Crippen molar-refractivity contribution in [3.8, 4) is 0 Å². The van der Waals surface area contributed by atoms with Gasteiger partial charge in [-0.2, -0.15) is 0 Å². The Hall–Kier alpha value is -1.84. The van der Waals surface area contributed by atoms with Crippen LogP contribution in [0.2, 0.25) is 5.02 Å². The molecule has 22 heavy (non-hydrogen) atoms. The summed E-state index contributed by atoms with van der Waals surface area (Å²) in [5.41, 5.74) is 2.20. The molecule has 1 saturated heterocycles. The number of amidine groups is 1. The summed E-state index contributed by atoms with van der Waals surface area (Å²) >= 11 is 5.95. The number of hydrogen-bond acceptors (Lipinski definition) is 2. The van der Waals surface area contributed by atoms with Gasteiger partial charge in [0, 0.05) is 24.5 Å². The summed E-state index contributed by atoms with van der Waals surface area (Å²) < 4.78 is 5.45. The first-order chi connectivity index (χ1) is 10.8. The fourth-order valence-electron chi connectivity index (χ4n) is 2.49. The Balaban J connectivity index is 1.86. The molecule has 0 N–H and O–H groups in total. The average Bonchev–Trinajstić information content (AvgIpc) is 2.58. The van der Waals surface area contributed by atoms with Gasteiger partial charge in [0.1, 0.15) is 5.84 Å². The third kappa shape index (κ3) is 4.09. The Morgan fingerprint density at radius 3 is 2.36 bits per heavy atom. The van der Waals surface area contributed by atoms with Gasteiger partial charge in [-0.15, -0.1) is 0 Å². The Labute approximate surface area is 136 Å². The van der Waals surface area contributed by atoms with Crippen LogP contribution >= 0.6 is 11.6 Å². The molecule has 114 valence electrons. The van der Waals surface area contributed by atoms with Crippen LogP contribution in [0.5, 0.6) is 0 Å². The van der Waals surface area contributed by atoms with Crippen LogP contribution in [0.3, 0.4) is 0 Å². The predicted molar refractivity (Wildman–Crippen MR) is 91.1 cm³/mol. The molecule has 0 unspecified atom stereocenters. The first-order valence-corrected chi connectivity index (χ1v) is 7.89. The van der Waals surface area contributed by atoms with Gasteiger partial charge in [-0.1, -0.05) is 41.9 Å². The van der Waals surface area contributed by atoms with E-state index in [1.807, 2.05) is 30.3 Å². The van der Waals surface area contributed by atoms with E-state index in [1.165, 1.54) is 5.56 Å². The lowest BCUT2D eigenvalue weighted by atomic mass is 10.1. The van der Waals surface area contributed by atoms with Crippen molar-refractivity contribution in [3.05, 3.63) is 65.2 Å². The standard InChI is InChI=1S/C18H19ClN2O/c19-16-6-8-17(9-7-16)20-18(21-10-12-22-13-11-21)14-15-4-2-1-3-5-15/h1-9H,10-14H2. The first-order valence-electron chi connectivity index (χ1n) is 7.51. The summed E-state index contributed by atoms with van der Waals surface area (Å²) in [5.74, 6) is 1.08. The van der Waals surface area contributed by atoms with E-state index < -0.39 is 0 Å². The lowest BCUT2D eigenvalue weighted by Gasteiger charge is -2.30. The second-order valence-corrected chi connectivity index (χ2v) is 5.70. The van der Waals surface area contributed by atoms with Crippen molar-refractivity contribution >= 4 is 23.1 Å². The van der Waals surface area contributed by atoms with Crippen LogP contribution in [0, 0.1) is 0 Å². The van der Waals surface area contributed by atoms with E-state index >= 15 is 0 Å². The molecule has 1 aliphatic rings. The second-order valence-electron chi connectivity index (χ2n) is 5.27. The Morgan fingerprint density at radius 1 is 1.00 bits per heavy atom. The molecule has 0 spiro atoms. The predicted octanol–water partition coefficient (Wildman–Crippen LogP) is 3.94. The normalized spacial score (nSPS) is 15.9. The SMILES string of the molecule is Clc1ccc(N=C(Cc2ccccc2)N2CCOCC2)cc1. The van der Waals surface area contributed by atoms with Gasteiger partial charge in [-0.25, -0.2) is 4.99 Å². The Morgan fingerprint density at radius 2 is 1.68 bits per heavy atom. The van der Waals surface area contributed by atoms with Gasteiger partial charge < -0.3 is 9.64 Å². The molecule has 0 radical (unpaired) electrons. The van der Waals surface area contributed by atoms with E-state index in [-0.39, 0.29) is 0 Å². The van der Waals surface area contributed by atoms with E-state index in [2.05, 4.69) is 29.2 Å². The number of hydrogen-bond donors (Lipinski definition) is 0. The molecule has 0 amide bonds. The minimum Gasteiger partial charge on any atom is -0.378 e. The number of halogens is 1. The quantitative estimate of drug-likeness (QED) is 0.633. The third-order valence-corrected chi connectivity index (χ3v) is 3.92. The number of nitrogens with zero attached hydrogens (tertiary/aromatic N) is 2. The van der Waals surface area contributed by atoms with Gasteiger partial charge in [0.25, 0.3) is 0 Å². The van der Waals surface area contributed by atoms with Crippen LogP contribution in [0.15, 0.2) is 59.6 Å². The van der Waals surface area contributed by atoms with Crippen molar-refractivity contribution in [2.45, 2.75) is 6.42 Å². The van der Waals surface area contributed by atoms with Crippen LogP contribution in [0.25, 0.3) is 0 Å². The molecule has 0 bridgehead atoms. The van der Waals surface area contributed by atoms with E-state index in [9.17, 15) is 0 Å². The van der Waals surface area contributed by atoms with Crippen LogP contribution in [-0.4, -0.2) is 37.0 Å². The minimum atomic E-state index is 0.731. The molecule has 3 rings (SSSR count). The molecular formula is C18H19ClN2O. The summed E-state index contributed by atoms with van der Waals surface area (Å²) in [6, 6.07) is 18.1. The minimum absolute atomic E-state index is 0.731. The van der Waals surface area contributed by atoms with Crippen LogP contribution in [0.1, 0.15) is 5.56 Å². The van der Waals surface area contributed by atoms with Crippen molar-refractivity contribution in [1.29, 1.82) is 0 Å². The number of rotatable bonds is 3. The fraction of sp³-hybridized carbons (Fsp3) is 0.278. The lowest BCUT2D eigenvalue weighted by molar-refractivity contribution is 0.0674. The van der Waals surface area contributed by atoms with Gasteiger partial charge in [0.2, 0.25) is 0 Å². The summed E-state index contributed by atoms with van der Waals surface area (Å²) in [6.07, 6.45) is 0.823. The van der Waals surface area contributed by atoms with Gasteiger partial charge >= 0.3 is 0 Å². The Bertz CT molecular complexity index is 619. The average molecular weight is 315 g/mol. The van der Waals surface area contributed by atoms with E-state index in [4.69, 9.17) is 21.3 Å². The molecule has 2 aromatic rings. The van der Waals surface area contributed by atoms with Crippen molar-refractivity contribution in [1.82, 2.24) is 4.90 Å². The van der Waals surface area contributed by atoms with Crippen LogP contribution in [-0.2, 0) is 11.2 Å². The smallest absolute Gasteiger partial charge is 0.109 e. The molecule has 0 atom stereocenters. The zero-order valence-electron chi connectivity index (χ0n) is 12.4.